The fourth-order valence-electron chi connectivity index (χ4n) is 2.57. The highest BCUT2D eigenvalue weighted by Crippen LogP contribution is 2.27. The lowest BCUT2D eigenvalue weighted by molar-refractivity contribution is 0.107. The SMILES string of the molecule is COc1ccc(/C=N\OCc2nc(-c3ccc(C(C)C)cc3)no2)cc1OC. The number of nitrogens with zero attached hydrogens (tertiary/aromatic N) is 3. The molecule has 146 valence electrons. The number of hydrogen-bond acceptors (Lipinski definition) is 7. The van der Waals surface area contributed by atoms with Gasteiger partial charge in [0.1, 0.15) is 0 Å². The minimum absolute atomic E-state index is 0.0842. The first-order valence-corrected chi connectivity index (χ1v) is 8.91. The standard InChI is InChI=1S/C21H23N3O4/c1-14(2)16-6-8-17(9-7-16)21-23-20(28-24-21)13-27-22-12-15-5-10-18(25-3)19(11-15)26-4/h5-12,14H,13H2,1-4H3/b22-12-. The molecule has 0 bridgehead atoms. The number of hydrogen-bond donors (Lipinski definition) is 0. The molecule has 0 saturated carbocycles. The van der Waals surface area contributed by atoms with Crippen molar-refractivity contribution in [2.24, 2.45) is 5.16 Å². The van der Waals surface area contributed by atoms with Gasteiger partial charge < -0.3 is 18.8 Å². The number of benzene rings is 2. The fraction of sp³-hybridized carbons (Fsp3) is 0.286. The van der Waals surface area contributed by atoms with Crippen molar-refractivity contribution < 1.29 is 18.8 Å². The third-order valence-electron chi connectivity index (χ3n) is 4.18. The number of ether oxygens (including phenoxy) is 2. The molecule has 0 amide bonds. The van der Waals surface area contributed by atoms with E-state index in [4.69, 9.17) is 18.8 Å². The molecule has 0 saturated heterocycles. The summed E-state index contributed by atoms with van der Waals surface area (Å²) in [6.45, 7) is 4.39. The molecule has 0 unspecified atom stereocenters. The van der Waals surface area contributed by atoms with Crippen LogP contribution in [0.1, 0.15) is 36.8 Å². The van der Waals surface area contributed by atoms with Gasteiger partial charge in [0.15, 0.2) is 18.1 Å². The zero-order valence-electron chi connectivity index (χ0n) is 16.4. The summed E-state index contributed by atoms with van der Waals surface area (Å²) in [7, 11) is 3.17. The lowest BCUT2D eigenvalue weighted by atomic mass is 10.0. The Balaban J connectivity index is 1.58. The van der Waals surface area contributed by atoms with Crippen molar-refractivity contribution in [3.63, 3.8) is 0 Å². The average Bonchev–Trinajstić information content (AvgIpc) is 3.20. The summed E-state index contributed by atoms with van der Waals surface area (Å²) in [5.74, 6) is 2.63. The summed E-state index contributed by atoms with van der Waals surface area (Å²) in [4.78, 5) is 9.59. The van der Waals surface area contributed by atoms with Crippen LogP contribution in [0.3, 0.4) is 0 Å². The Bertz CT molecular complexity index is 933. The van der Waals surface area contributed by atoms with Crippen LogP contribution in [0.4, 0.5) is 0 Å². The van der Waals surface area contributed by atoms with Crippen molar-refractivity contribution in [1.29, 1.82) is 0 Å². The first-order chi connectivity index (χ1) is 13.6. The van der Waals surface area contributed by atoms with Gasteiger partial charge in [0.25, 0.3) is 5.89 Å². The Morgan fingerprint density at radius 3 is 2.46 bits per heavy atom. The van der Waals surface area contributed by atoms with E-state index in [1.54, 1.807) is 32.6 Å². The van der Waals surface area contributed by atoms with Gasteiger partial charge in [-0.3, -0.25) is 0 Å². The second kappa shape index (κ2) is 9.03. The van der Waals surface area contributed by atoms with Crippen molar-refractivity contribution in [3.05, 3.63) is 59.5 Å². The maximum atomic E-state index is 5.26. The first-order valence-electron chi connectivity index (χ1n) is 8.91. The van der Waals surface area contributed by atoms with Crippen LogP contribution in [0.25, 0.3) is 11.4 Å². The highest BCUT2D eigenvalue weighted by atomic mass is 16.6. The molecule has 0 aliphatic carbocycles. The van der Waals surface area contributed by atoms with Crippen LogP contribution in [0.15, 0.2) is 52.1 Å². The summed E-state index contributed by atoms with van der Waals surface area (Å²) < 4.78 is 15.7. The molecule has 0 fully saturated rings. The maximum absolute atomic E-state index is 5.26. The predicted octanol–water partition coefficient (Wildman–Crippen LogP) is 4.43. The van der Waals surface area contributed by atoms with Gasteiger partial charge in [-0.1, -0.05) is 48.4 Å². The van der Waals surface area contributed by atoms with Gasteiger partial charge in [-0.25, -0.2) is 0 Å². The second-order valence-electron chi connectivity index (χ2n) is 6.41. The van der Waals surface area contributed by atoms with Gasteiger partial charge in [-0.05, 0) is 29.7 Å². The lowest BCUT2D eigenvalue weighted by Crippen LogP contribution is -1.93. The first kappa shape index (κ1) is 19.4. The van der Waals surface area contributed by atoms with E-state index < -0.39 is 0 Å². The summed E-state index contributed by atoms with van der Waals surface area (Å²) in [5.41, 5.74) is 2.97. The molecule has 0 aliphatic heterocycles. The molecule has 0 spiro atoms. The minimum atomic E-state index is 0.0842. The molecule has 3 aromatic rings. The zero-order valence-corrected chi connectivity index (χ0v) is 16.4. The van der Waals surface area contributed by atoms with Crippen molar-refractivity contribution in [3.8, 4) is 22.9 Å². The van der Waals surface area contributed by atoms with Gasteiger partial charge >= 0.3 is 0 Å². The minimum Gasteiger partial charge on any atom is -0.493 e. The van der Waals surface area contributed by atoms with Crippen LogP contribution in [0.5, 0.6) is 11.5 Å². The highest BCUT2D eigenvalue weighted by Gasteiger charge is 2.09. The monoisotopic (exact) mass is 381 g/mol. The van der Waals surface area contributed by atoms with Gasteiger partial charge in [-0.15, -0.1) is 0 Å². The quantitative estimate of drug-likeness (QED) is 0.424. The molecule has 3 rings (SSSR count). The number of oxime groups is 1. The number of rotatable bonds is 8. The molecule has 2 aromatic carbocycles. The van der Waals surface area contributed by atoms with E-state index in [1.807, 2.05) is 18.2 Å². The van der Waals surface area contributed by atoms with E-state index in [2.05, 4.69) is 41.3 Å². The predicted molar refractivity (Wildman–Crippen MR) is 106 cm³/mol. The number of aromatic nitrogens is 2. The Hall–Kier alpha value is -3.35. The van der Waals surface area contributed by atoms with Crippen LogP contribution in [-0.4, -0.2) is 30.6 Å². The Morgan fingerprint density at radius 2 is 1.79 bits per heavy atom. The van der Waals surface area contributed by atoms with Crippen LogP contribution in [0, 0.1) is 0 Å². The van der Waals surface area contributed by atoms with E-state index in [-0.39, 0.29) is 6.61 Å². The van der Waals surface area contributed by atoms with Gasteiger partial charge in [0.05, 0.1) is 20.4 Å². The summed E-state index contributed by atoms with van der Waals surface area (Å²) in [5, 5.41) is 7.92. The third kappa shape index (κ3) is 4.68. The smallest absolute Gasteiger partial charge is 0.267 e. The summed E-state index contributed by atoms with van der Waals surface area (Å²) in [6, 6.07) is 13.6. The molecule has 1 aromatic heterocycles. The van der Waals surface area contributed by atoms with Crippen LogP contribution in [-0.2, 0) is 11.4 Å². The molecule has 0 aliphatic rings. The maximum Gasteiger partial charge on any atom is 0.267 e. The Kier molecular flexibility index (Phi) is 6.26. The normalized spacial score (nSPS) is 11.2. The fourth-order valence-corrected chi connectivity index (χ4v) is 2.57. The number of methoxy groups -OCH3 is 2. The van der Waals surface area contributed by atoms with Crippen molar-refractivity contribution >= 4 is 6.21 Å². The third-order valence-corrected chi connectivity index (χ3v) is 4.18. The van der Waals surface area contributed by atoms with Crippen LogP contribution in [0.2, 0.25) is 0 Å². The molecule has 0 N–H and O–H groups in total. The Labute approximate surface area is 163 Å². The van der Waals surface area contributed by atoms with Gasteiger partial charge in [-0.2, -0.15) is 4.98 Å². The topological polar surface area (TPSA) is 79.0 Å². The van der Waals surface area contributed by atoms with Crippen molar-refractivity contribution in [1.82, 2.24) is 10.1 Å². The van der Waals surface area contributed by atoms with E-state index in [1.165, 1.54) is 5.56 Å². The molecule has 0 atom stereocenters. The molecule has 7 heteroatoms. The van der Waals surface area contributed by atoms with E-state index in [9.17, 15) is 0 Å². The van der Waals surface area contributed by atoms with Crippen LogP contribution >= 0.6 is 0 Å². The van der Waals surface area contributed by atoms with E-state index in [0.717, 1.165) is 11.1 Å². The second-order valence-corrected chi connectivity index (χ2v) is 6.41. The van der Waals surface area contributed by atoms with Gasteiger partial charge in [0, 0.05) is 11.1 Å². The summed E-state index contributed by atoms with van der Waals surface area (Å²) >= 11 is 0. The molecule has 0 radical (unpaired) electrons. The van der Waals surface area contributed by atoms with E-state index in [0.29, 0.717) is 29.1 Å². The van der Waals surface area contributed by atoms with Gasteiger partial charge in [0.2, 0.25) is 5.82 Å². The van der Waals surface area contributed by atoms with Crippen molar-refractivity contribution in [2.75, 3.05) is 14.2 Å². The largest absolute Gasteiger partial charge is 0.493 e. The summed E-state index contributed by atoms with van der Waals surface area (Å²) in [6.07, 6.45) is 1.57. The lowest BCUT2D eigenvalue weighted by Gasteiger charge is -2.07. The highest BCUT2D eigenvalue weighted by molar-refractivity contribution is 5.80. The molecule has 7 nitrogen and oxygen atoms in total. The van der Waals surface area contributed by atoms with Crippen LogP contribution < -0.4 is 9.47 Å². The van der Waals surface area contributed by atoms with E-state index >= 15 is 0 Å². The molecule has 1 heterocycles. The average molecular weight is 381 g/mol. The Morgan fingerprint density at radius 1 is 1.04 bits per heavy atom. The molecular formula is C21H23N3O4. The van der Waals surface area contributed by atoms with Crippen molar-refractivity contribution in [2.45, 2.75) is 26.4 Å². The zero-order chi connectivity index (χ0) is 19.9. The molecule has 28 heavy (non-hydrogen) atoms. The molecular weight excluding hydrogens is 358 g/mol.